The Kier molecular flexibility index (Phi) is 5.89. The average molecular weight is 416 g/mol. The molecule has 32 heavy (non-hydrogen) atoms. The first-order valence-corrected chi connectivity index (χ1v) is 11.6. The third-order valence-electron chi connectivity index (χ3n) is 6.36. The molecule has 0 N–H and O–H groups in total. The molecule has 0 heterocycles. The minimum Gasteiger partial charge on any atom is -0.314 e. The summed E-state index contributed by atoms with van der Waals surface area (Å²) in [6.45, 7) is 2.14. The number of aryl methyl sites for hydroxylation is 1. The Morgan fingerprint density at radius 1 is 0.594 bits per heavy atom. The van der Waals surface area contributed by atoms with Gasteiger partial charge in [-0.25, -0.2) is 0 Å². The van der Waals surface area contributed by atoms with Crippen LogP contribution in [0.2, 0.25) is 0 Å². The molecule has 0 fully saturated rings. The first kappa shape index (κ1) is 20.3. The standard InChI is InChI=1S/C31H29N/c1-24-12-14-25(15-13-24)26-16-18-27(19-17-26)28-20-22-31(23-21-28)32(29-8-4-2-5-9-29)30-10-6-3-7-11-30/h2-6,8-10,12-16,18,20-23H,7,11,17,19H2,1H3. The zero-order valence-corrected chi connectivity index (χ0v) is 18.7. The predicted octanol–water partition coefficient (Wildman–Crippen LogP) is 8.63. The van der Waals surface area contributed by atoms with Gasteiger partial charge in [0.25, 0.3) is 0 Å². The van der Waals surface area contributed by atoms with Crippen LogP contribution in [0.5, 0.6) is 0 Å². The highest BCUT2D eigenvalue weighted by atomic mass is 15.1. The summed E-state index contributed by atoms with van der Waals surface area (Å²) in [6.07, 6.45) is 15.6. The highest BCUT2D eigenvalue weighted by Gasteiger charge is 2.16. The lowest BCUT2D eigenvalue weighted by molar-refractivity contribution is 0.917. The molecule has 3 aromatic carbocycles. The molecule has 5 rings (SSSR count). The van der Waals surface area contributed by atoms with E-state index >= 15 is 0 Å². The van der Waals surface area contributed by atoms with Crippen LogP contribution in [0.15, 0.2) is 115 Å². The summed E-state index contributed by atoms with van der Waals surface area (Å²) in [4.78, 5) is 2.39. The molecule has 0 aromatic heterocycles. The first-order chi connectivity index (χ1) is 15.8. The van der Waals surface area contributed by atoms with Crippen molar-refractivity contribution in [1.29, 1.82) is 0 Å². The van der Waals surface area contributed by atoms with Crippen molar-refractivity contribution in [2.45, 2.75) is 32.6 Å². The molecule has 0 radical (unpaired) electrons. The van der Waals surface area contributed by atoms with Gasteiger partial charge < -0.3 is 4.90 Å². The summed E-state index contributed by atoms with van der Waals surface area (Å²) in [6, 6.07) is 28.6. The number of hydrogen-bond donors (Lipinski definition) is 0. The second kappa shape index (κ2) is 9.28. The number of hydrogen-bond acceptors (Lipinski definition) is 1. The molecular weight excluding hydrogens is 386 g/mol. The fraction of sp³-hybridized carbons (Fsp3) is 0.161. The minimum absolute atomic E-state index is 1.06. The monoisotopic (exact) mass is 415 g/mol. The van der Waals surface area contributed by atoms with Gasteiger partial charge in [-0.15, -0.1) is 0 Å². The van der Waals surface area contributed by atoms with Crippen LogP contribution < -0.4 is 4.90 Å². The molecule has 0 atom stereocenters. The lowest BCUT2D eigenvalue weighted by Gasteiger charge is -2.29. The number of nitrogens with zero attached hydrogens (tertiary/aromatic N) is 1. The van der Waals surface area contributed by atoms with Gasteiger partial charge >= 0.3 is 0 Å². The highest BCUT2D eigenvalue weighted by molar-refractivity contribution is 5.79. The van der Waals surface area contributed by atoms with Crippen molar-refractivity contribution in [3.8, 4) is 0 Å². The van der Waals surface area contributed by atoms with Crippen LogP contribution in [0.25, 0.3) is 11.1 Å². The third kappa shape index (κ3) is 4.38. The van der Waals surface area contributed by atoms with E-state index in [1.54, 1.807) is 0 Å². The van der Waals surface area contributed by atoms with Gasteiger partial charge in [0.15, 0.2) is 0 Å². The second-order valence-electron chi connectivity index (χ2n) is 8.59. The smallest absolute Gasteiger partial charge is 0.0458 e. The van der Waals surface area contributed by atoms with Crippen LogP contribution in [0, 0.1) is 6.92 Å². The van der Waals surface area contributed by atoms with Crippen molar-refractivity contribution >= 4 is 22.5 Å². The lowest BCUT2D eigenvalue weighted by Crippen LogP contribution is -2.17. The van der Waals surface area contributed by atoms with Gasteiger partial charge in [0, 0.05) is 17.1 Å². The van der Waals surface area contributed by atoms with Crippen LogP contribution in [-0.2, 0) is 0 Å². The quantitative estimate of drug-likeness (QED) is 0.403. The number of para-hydroxylation sites is 1. The fourth-order valence-corrected chi connectivity index (χ4v) is 4.54. The molecule has 1 nitrogen and oxygen atoms in total. The molecule has 2 aliphatic rings. The zero-order chi connectivity index (χ0) is 21.8. The topological polar surface area (TPSA) is 3.24 Å². The van der Waals surface area contributed by atoms with Gasteiger partial charge in [-0.05, 0) is 85.2 Å². The van der Waals surface area contributed by atoms with Crippen molar-refractivity contribution in [1.82, 2.24) is 0 Å². The second-order valence-corrected chi connectivity index (χ2v) is 8.59. The number of allylic oxidation sites excluding steroid dienone is 8. The van der Waals surface area contributed by atoms with Crippen LogP contribution in [0.1, 0.15) is 42.4 Å². The summed E-state index contributed by atoms with van der Waals surface area (Å²) >= 11 is 0. The van der Waals surface area contributed by atoms with E-state index in [2.05, 4.69) is 121 Å². The Morgan fingerprint density at radius 3 is 1.75 bits per heavy atom. The summed E-state index contributed by atoms with van der Waals surface area (Å²) in [5.74, 6) is 0. The predicted molar refractivity (Wildman–Crippen MR) is 138 cm³/mol. The van der Waals surface area contributed by atoms with Crippen molar-refractivity contribution in [3.05, 3.63) is 132 Å². The molecule has 0 saturated heterocycles. The largest absolute Gasteiger partial charge is 0.314 e. The van der Waals surface area contributed by atoms with Crippen molar-refractivity contribution in [2.24, 2.45) is 0 Å². The van der Waals surface area contributed by atoms with E-state index in [1.807, 2.05) is 0 Å². The molecule has 0 saturated carbocycles. The van der Waals surface area contributed by atoms with Crippen LogP contribution >= 0.6 is 0 Å². The van der Waals surface area contributed by atoms with Crippen LogP contribution in [0.4, 0.5) is 11.4 Å². The van der Waals surface area contributed by atoms with Crippen LogP contribution in [-0.4, -0.2) is 0 Å². The summed E-state index contributed by atoms with van der Waals surface area (Å²) in [5.41, 5.74) is 10.6. The minimum atomic E-state index is 1.06. The molecule has 0 unspecified atom stereocenters. The Balaban J connectivity index is 1.41. The molecule has 1 heteroatoms. The fourth-order valence-electron chi connectivity index (χ4n) is 4.54. The van der Waals surface area contributed by atoms with Gasteiger partial charge in [-0.3, -0.25) is 0 Å². The molecule has 0 amide bonds. The molecule has 158 valence electrons. The SMILES string of the molecule is Cc1ccc(C2=CC=C(c3ccc(N(C4=CC=CCC4)c4ccccc4)cc3)CC2)cc1. The van der Waals surface area contributed by atoms with E-state index in [0.717, 1.165) is 25.7 Å². The summed E-state index contributed by atoms with van der Waals surface area (Å²) in [7, 11) is 0. The van der Waals surface area contributed by atoms with Gasteiger partial charge in [0.05, 0.1) is 0 Å². The molecule has 2 aliphatic carbocycles. The van der Waals surface area contributed by atoms with E-state index in [4.69, 9.17) is 0 Å². The molecule has 3 aromatic rings. The Labute approximate surface area is 191 Å². The maximum absolute atomic E-state index is 2.39. The van der Waals surface area contributed by atoms with Gasteiger partial charge in [-0.1, -0.05) is 84.5 Å². The third-order valence-corrected chi connectivity index (χ3v) is 6.36. The van der Waals surface area contributed by atoms with Crippen molar-refractivity contribution in [2.75, 3.05) is 4.90 Å². The summed E-state index contributed by atoms with van der Waals surface area (Å²) < 4.78 is 0. The Morgan fingerprint density at radius 2 is 1.19 bits per heavy atom. The number of anilines is 2. The van der Waals surface area contributed by atoms with E-state index in [-0.39, 0.29) is 0 Å². The van der Waals surface area contributed by atoms with E-state index in [0.29, 0.717) is 0 Å². The van der Waals surface area contributed by atoms with E-state index < -0.39 is 0 Å². The lowest BCUT2D eigenvalue weighted by atomic mass is 9.89. The maximum atomic E-state index is 2.39. The first-order valence-electron chi connectivity index (χ1n) is 11.6. The molecule has 0 aliphatic heterocycles. The van der Waals surface area contributed by atoms with Crippen molar-refractivity contribution < 1.29 is 0 Å². The van der Waals surface area contributed by atoms with Gasteiger partial charge in [0.2, 0.25) is 0 Å². The average Bonchev–Trinajstić information content (AvgIpc) is 2.87. The maximum Gasteiger partial charge on any atom is 0.0458 e. The highest BCUT2D eigenvalue weighted by Crippen LogP contribution is 2.36. The summed E-state index contributed by atoms with van der Waals surface area (Å²) in [5, 5.41) is 0. The number of benzene rings is 3. The van der Waals surface area contributed by atoms with E-state index in [9.17, 15) is 0 Å². The zero-order valence-electron chi connectivity index (χ0n) is 18.7. The van der Waals surface area contributed by atoms with Crippen LogP contribution in [0.3, 0.4) is 0 Å². The molecule has 0 bridgehead atoms. The Bertz CT molecular complexity index is 1190. The van der Waals surface area contributed by atoms with E-state index in [1.165, 1.54) is 44.9 Å². The molecular formula is C31H29N. The van der Waals surface area contributed by atoms with Gasteiger partial charge in [-0.2, -0.15) is 0 Å². The van der Waals surface area contributed by atoms with Crippen molar-refractivity contribution in [3.63, 3.8) is 0 Å². The number of rotatable bonds is 5. The Hall–Kier alpha value is -3.58. The van der Waals surface area contributed by atoms with Gasteiger partial charge in [0.1, 0.15) is 0 Å². The molecule has 0 spiro atoms. The normalized spacial score (nSPS) is 15.6.